The number of phenols is 1. The van der Waals surface area contributed by atoms with E-state index in [4.69, 9.17) is 0 Å². The highest BCUT2D eigenvalue weighted by Crippen LogP contribution is 2.36. The van der Waals surface area contributed by atoms with Crippen LogP contribution in [-0.4, -0.2) is 11.1 Å². The normalized spacial score (nSPS) is 24.4. The molecule has 2 nitrogen and oxygen atoms in total. The zero-order chi connectivity index (χ0) is 14.6. The molecule has 2 atom stereocenters. The molecule has 2 heteroatoms. The van der Waals surface area contributed by atoms with Crippen molar-refractivity contribution in [3.8, 4) is 5.75 Å². The zero-order valence-corrected chi connectivity index (χ0v) is 13.2. The van der Waals surface area contributed by atoms with Gasteiger partial charge in [-0.1, -0.05) is 45.4 Å². The van der Waals surface area contributed by atoms with Gasteiger partial charge in [0.05, 0.1) is 0 Å². The molecule has 1 saturated carbocycles. The molecule has 0 aromatic heterocycles. The van der Waals surface area contributed by atoms with E-state index in [1.54, 1.807) is 6.07 Å². The molecule has 1 aromatic carbocycles. The first-order valence-corrected chi connectivity index (χ1v) is 7.97. The summed E-state index contributed by atoms with van der Waals surface area (Å²) < 4.78 is 0. The van der Waals surface area contributed by atoms with Crippen LogP contribution in [-0.2, 0) is 6.54 Å². The number of nitrogens with one attached hydrogen (secondary N) is 1. The Kier molecular flexibility index (Phi) is 5.09. The second kappa shape index (κ2) is 6.62. The molecular weight excluding hydrogens is 246 g/mol. The minimum atomic E-state index is 0.404. The Morgan fingerprint density at radius 2 is 1.85 bits per heavy atom. The van der Waals surface area contributed by atoms with Crippen LogP contribution in [0.25, 0.3) is 0 Å². The van der Waals surface area contributed by atoms with Gasteiger partial charge in [-0.2, -0.15) is 0 Å². The molecule has 0 amide bonds. The summed E-state index contributed by atoms with van der Waals surface area (Å²) in [5.74, 6) is 1.25. The van der Waals surface area contributed by atoms with Gasteiger partial charge in [0, 0.05) is 18.2 Å². The average molecular weight is 275 g/mol. The van der Waals surface area contributed by atoms with E-state index in [2.05, 4.69) is 26.1 Å². The molecule has 2 unspecified atom stereocenters. The van der Waals surface area contributed by atoms with E-state index in [-0.39, 0.29) is 0 Å². The number of aromatic hydroxyl groups is 1. The van der Waals surface area contributed by atoms with Crippen LogP contribution in [0.5, 0.6) is 5.75 Å². The fourth-order valence-corrected chi connectivity index (χ4v) is 3.29. The van der Waals surface area contributed by atoms with Crippen molar-refractivity contribution in [1.29, 1.82) is 0 Å². The predicted molar refractivity (Wildman–Crippen MR) is 84.8 cm³/mol. The van der Waals surface area contributed by atoms with Crippen LogP contribution in [0.1, 0.15) is 58.4 Å². The number of benzene rings is 1. The zero-order valence-electron chi connectivity index (χ0n) is 13.2. The standard InChI is InChI=1S/C18H29NO/c1-18(2,3)15-8-6-9-16(12-11-15)19-13-14-7-4-5-10-17(14)20/h4-5,7,10,15-16,19-20H,6,8-9,11-13H2,1-3H3. The lowest BCUT2D eigenvalue weighted by Crippen LogP contribution is -2.28. The van der Waals surface area contributed by atoms with Gasteiger partial charge in [0.15, 0.2) is 0 Å². The average Bonchev–Trinajstić information content (AvgIpc) is 2.63. The highest BCUT2D eigenvalue weighted by molar-refractivity contribution is 5.31. The Morgan fingerprint density at radius 3 is 2.55 bits per heavy atom. The third kappa shape index (κ3) is 4.24. The molecule has 2 rings (SSSR count). The lowest BCUT2D eigenvalue weighted by Gasteiger charge is -2.29. The molecule has 1 aromatic rings. The molecule has 1 fully saturated rings. The maximum atomic E-state index is 9.80. The summed E-state index contributed by atoms with van der Waals surface area (Å²) in [5, 5.41) is 13.4. The monoisotopic (exact) mass is 275 g/mol. The number of phenolic OH excluding ortho intramolecular Hbond substituents is 1. The predicted octanol–water partition coefficient (Wildman–Crippen LogP) is 4.48. The van der Waals surface area contributed by atoms with Crippen LogP contribution in [0.4, 0.5) is 0 Å². The highest BCUT2D eigenvalue weighted by Gasteiger charge is 2.27. The molecule has 2 N–H and O–H groups in total. The van der Waals surface area contributed by atoms with Gasteiger partial charge in [-0.05, 0) is 43.1 Å². The molecule has 0 spiro atoms. The third-order valence-electron chi connectivity index (χ3n) is 4.77. The first-order chi connectivity index (χ1) is 9.47. The lowest BCUT2D eigenvalue weighted by atomic mass is 9.76. The first-order valence-electron chi connectivity index (χ1n) is 7.97. The maximum absolute atomic E-state index is 9.80. The van der Waals surface area contributed by atoms with Gasteiger partial charge in [-0.25, -0.2) is 0 Å². The summed E-state index contributed by atoms with van der Waals surface area (Å²) in [7, 11) is 0. The molecule has 112 valence electrons. The Labute approximate surface area is 123 Å². The van der Waals surface area contributed by atoms with Crippen molar-refractivity contribution in [1.82, 2.24) is 5.32 Å². The van der Waals surface area contributed by atoms with Crippen molar-refractivity contribution in [3.63, 3.8) is 0 Å². The fourth-order valence-electron chi connectivity index (χ4n) is 3.29. The molecular formula is C18H29NO. The van der Waals surface area contributed by atoms with E-state index in [9.17, 15) is 5.11 Å². The highest BCUT2D eigenvalue weighted by atomic mass is 16.3. The summed E-state index contributed by atoms with van der Waals surface area (Å²) in [6, 6.07) is 8.22. The van der Waals surface area contributed by atoms with Crippen LogP contribution in [0, 0.1) is 11.3 Å². The number of rotatable bonds is 3. The van der Waals surface area contributed by atoms with Crippen molar-refractivity contribution in [2.24, 2.45) is 11.3 Å². The van der Waals surface area contributed by atoms with Crippen LogP contribution < -0.4 is 5.32 Å². The van der Waals surface area contributed by atoms with E-state index in [0.29, 0.717) is 17.2 Å². The van der Waals surface area contributed by atoms with Crippen LogP contribution in [0.15, 0.2) is 24.3 Å². The number of hydrogen-bond donors (Lipinski definition) is 2. The van der Waals surface area contributed by atoms with Crippen molar-refractivity contribution in [2.45, 2.75) is 65.5 Å². The van der Waals surface area contributed by atoms with Gasteiger partial charge in [-0.15, -0.1) is 0 Å². The van der Waals surface area contributed by atoms with Crippen LogP contribution in [0.3, 0.4) is 0 Å². The molecule has 0 bridgehead atoms. The summed E-state index contributed by atoms with van der Waals surface area (Å²) >= 11 is 0. The lowest BCUT2D eigenvalue weighted by molar-refractivity contribution is 0.213. The number of hydrogen-bond acceptors (Lipinski definition) is 2. The first kappa shape index (κ1) is 15.4. The minimum Gasteiger partial charge on any atom is -0.508 e. The Hall–Kier alpha value is -1.02. The second-order valence-electron chi connectivity index (χ2n) is 7.28. The van der Waals surface area contributed by atoms with Gasteiger partial charge >= 0.3 is 0 Å². The molecule has 0 radical (unpaired) electrons. The smallest absolute Gasteiger partial charge is 0.120 e. The minimum absolute atomic E-state index is 0.404. The third-order valence-corrected chi connectivity index (χ3v) is 4.77. The summed E-state index contributed by atoms with van der Waals surface area (Å²) in [6.07, 6.45) is 6.52. The van der Waals surface area contributed by atoms with Gasteiger partial charge in [-0.3, -0.25) is 0 Å². The van der Waals surface area contributed by atoms with Gasteiger partial charge in [0.1, 0.15) is 5.75 Å². The van der Waals surface area contributed by atoms with Crippen molar-refractivity contribution in [2.75, 3.05) is 0 Å². The van der Waals surface area contributed by atoms with Crippen molar-refractivity contribution in [3.05, 3.63) is 29.8 Å². The Morgan fingerprint density at radius 1 is 1.10 bits per heavy atom. The van der Waals surface area contributed by atoms with E-state index in [1.807, 2.05) is 18.2 Å². The van der Waals surface area contributed by atoms with Gasteiger partial charge in [0.2, 0.25) is 0 Å². The number of para-hydroxylation sites is 1. The maximum Gasteiger partial charge on any atom is 0.120 e. The van der Waals surface area contributed by atoms with Crippen LogP contribution in [0.2, 0.25) is 0 Å². The molecule has 0 heterocycles. The van der Waals surface area contributed by atoms with Gasteiger partial charge in [0.25, 0.3) is 0 Å². The van der Waals surface area contributed by atoms with Crippen LogP contribution >= 0.6 is 0 Å². The van der Waals surface area contributed by atoms with Crippen molar-refractivity contribution < 1.29 is 5.11 Å². The van der Waals surface area contributed by atoms with Gasteiger partial charge < -0.3 is 10.4 Å². The molecule has 1 aliphatic carbocycles. The Bertz CT molecular complexity index is 422. The van der Waals surface area contributed by atoms with E-state index in [1.165, 1.54) is 32.1 Å². The molecule has 20 heavy (non-hydrogen) atoms. The quantitative estimate of drug-likeness (QED) is 0.797. The summed E-state index contributed by atoms with van der Waals surface area (Å²) in [5.41, 5.74) is 1.44. The van der Waals surface area contributed by atoms with E-state index < -0.39 is 0 Å². The van der Waals surface area contributed by atoms with E-state index >= 15 is 0 Å². The van der Waals surface area contributed by atoms with E-state index in [0.717, 1.165) is 18.0 Å². The fraction of sp³-hybridized carbons (Fsp3) is 0.667. The Balaban J connectivity index is 1.84. The summed E-state index contributed by atoms with van der Waals surface area (Å²) in [6.45, 7) is 7.88. The summed E-state index contributed by atoms with van der Waals surface area (Å²) in [4.78, 5) is 0. The molecule has 0 saturated heterocycles. The molecule has 1 aliphatic rings. The van der Waals surface area contributed by atoms with Crippen molar-refractivity contribution >= 4 is 0 Å². The topological polar surface area (TPSA) is 32.3 Å². The molecule has 0 aliphatic heterocycles. The SMILES string of the molecule is CC(C)(C)C1CCCC(NCc2ccccc2O)CC1. The largest absolute Gasteiger partial charge is 0.508 e. The second-order valence-corrected chi connectivity index (χ2v) is 7.28.